The lowest BCUT2D eigenvalue weighted by Crippen LogP contribution is -2.50. The molecule has 8 heteroatoms. The van der Waals surface area contributed by atoms with Gasteiger partial charge in [0.2, 0.25) is 11.8 Å². The van der Waals surface area contributed by atoms with E-state index in [2.05, 4.69) is 52.3 Å². The molecule has 0 saturated carbocycles. The summed E-state index contributed by atoms with van der Waals surface area (Å²) in [7, 11) is 1.66. The highest BCUT2D eigenvalue weighted by Crippen LogP contribution is 2.37. The van der Waals surface area contributed by atoms with Gasteiger partial charge in [0.05, 0.1) is 25.3 Å². The van der Waals surface area contributed by atoms with Crippen molar-refractivity contribution in [1.29, 1.82) is 0 Å². The summed E-state index contributed by atoms with van der Waals surface area (Å²) in [6.45, 7) is 0.544. The number of carbonyl (C=O) groups is 2. The molecule has 50 heavy (non-hydrogen) atoms. The number of nitrogens with two attached hydrogens (primary N) is 1. The molecule has 2 unspecified atom stereocenters. The molecular weight excluding hydrogens is 624 g/mol. The lowest BCUT2D eigenvalue weighted by molar-refractivity contribution is -0.127. The second-order valence-corrected chi connectivity index (χ2v) is 12.3. The smallest absolute Gasteiger partial charge is 0.246 e. The van der Waals surface area contributed by atoms with Gasteiger partial charge in [-0.05, 0) is 84.3 Å². The number of hydrogen-bond acceptors (Lipinski definition) is 6. The number of aliphatic hydroxyl groups excluding tert-OH is 1. The quantitative estimate of drug-likeness (QED) is 0.0617. The third kappa shape index (κ3) is 9.24. The van der Waals surface area contributed by atoms with Gasteiger partial charge in [0.15, 0.2) is 0 Å². The molecule has 0 aliphatic rings. The van der Waals surface area contributed by atoms with Crippen LogP contribution in [0.4, 0.5) is 5.69 Å². The molecule has 0 heterocycles. The molecule has 5 aromatic carbocycles. The van der Waals surface area contributed by atoms with Crippen molar-refractivity contribution < 1.29 is 19.4 Å². The maximum Gasteiger partial charge on any atom is 0.246 e. The molecule has 0 radical (unpaired) electrons. The minimum atomic E-state index is -0.805. The van der Waals surface area contributed by atoms with E-state index in [1.54, 1.807) is 31.4 Å². The van der Waals surface area contributed by atoms with Gasteiger partial charge in [-0.1, -0.05) is 115 Å². The maximum absolute atomic E-state index is 13.6. The van der Waals surface area contributed by atoms with E-state index in [-0.39, 0.29) is 18.4 Å². The third-order valence-corrected chi connectivity index (χ3v) is 8.92. The lowest BCUT2D eigenvalue weighted by Gasteiger charge is -2.37. The predicted octanol–water partition coefficient (Wildman–Crippen LogP) is 5.93. The van der Waals surface area contributed by atoms with Crippen molar-refractivity contribution in [2.24, 2.45) is 5.73 Å². The first-order valence-corrected chi connectivity index (χ1v) is 17.0. The van der Waals surface area contributed by atoms with Gasteiger partial charge in [-0.15, -0.1) is 0 Å². The van der Waals surface area contributed by atoms with Gasteiger partial charge in [-0.3, -0.25) is 14.9 Å². The molecule has 258 valence electrons. The van der Waals surface area contributed by atoms with Crippen molar-refractivity contribution in [3.05, 3.63) is 167 Å². The summed E-state index contributed by atoms with van der Waals surface area (Å²) in [4.78, 5) is 26.8. The third-order valence-electron chi connectivity index (χ3n) is 8.92. The number of nitrogens with one attached hydrogen (secondary N) is 3. The molecule has 6 N–H and O–H groups in total. The molecule has 5 aromatic rings. The van der Waals surface area contributed by atoms with Crippen LogP contribution in [0.1, 0.15) is 47.1 Å². The Kier molecular flexibility index (Phi) is 12.9. The molecule has 5 rings (SSSR count). The largest absolute Gasteiger partial charge is 0.497 e. The number of hydrogen-bond donors (Lipinski definition) is 5. The Hall–Kier alpha value is -5.28. The number of benzene rings is 5. The van der Waals surface area contributed by atoms with Crippen LogP contribution in [0.3, 0.4) is 0 Å². The highest BCUT2D eigenvalue weighted by Gasteiger charge is 2.35. The van der Waals surface area contributed by atoms with E-state index < -0.39 is 17.6 Å². The van der Waals surface area contributed by atoms with Crippen LogP contribution in [0.25, 0.3) is 0 Å². The van der Waals surface area contributed by atoms with Crippen LogP contribution >= 0.6 is 0 Å². The van der Waals surface area contributed by atoms with Gasteiger partial charge < -0.3 is 26.2 Å². The number of rotatable bonds is 17. The molecule has 0 aliphatic carbocycles. The number of carbonyl (C=O) groups excluding carboxylic acids is 2. The average Bonchev–Trinajstić information content (AvgIpc) is 3.17. The maximum atomic E-state index is 13.6. The van der Waals surface area contributed by atoms with E-state index in [0.29, 0.717) is 31.5 Å². The molecule has 0 aromatic heterocycles. The second kappa shape index (κ2) is 17.9. The number of methoxy groups -OCH3 is 1. The van der Waals surface area contributed by atoms with Gasteiger partial charge in [0, 0.05) is 5.69 Å². The Labute approximate surface area is 294 Å². The van der Waals surface area contributed by atoms with Crippen molar-refractivity contribution >= 4 is 17.5 Å². The fourth-order valence-corrected chi connectivity index (χ4v) is 6.20. The molecule has 2 amide bonds. The number of anilines is 1. The Morgan fingerprint density at radius 1 is 0.700 bits per heavy atom. The van der Waals surface area contributed by atoms with Crippen molar-refractivity contribution in [3.63, 3.8) is 0 Å². The van der Waals surface area contributed by atoms with Gasteiger partial charge in [-0.25, -0.2) is 0 Å². The van der Waals surface area contributed by atoms with E-state index in [1.165, 1.54) is 0 Å². The summed E-state index contributed by atoms with van der Waals surface area (Å²) in [5, 5.41) is 19.1. The van der Waals surface area contributed by atoms with E-state index in [9.17, 15) is 14.7 Å². The zero-order valence-electron chi connectivity index (χ0n) is 28.4. The Bertz CT molecular complexity index is 1730. The Balaban J connectivity index is 1.32. The normalized spacial score (nSPS) is 12.5. The second-order valence-electron chi connectivity index (χ2n) is 12.3. The van der Waals surface area contributed by atoms with Crippen molar-refractivity contribution in [2.75, 3.05) is 19.0 Å². The monoisotopic (exact) mass is 670 g/mol. The number of aliphatic hydroxyl groups is 1. The highest BCUT2D eigenvalue weighted by atomic mass is 16.5. The van der Waals surface area contributed by atoms with Crippen LogP contribution in [0.15, 0.2) is 140 Å². The molecule has 0 fully saturated rings. The average molecular weight is 671 g/mol. The van der Waals surface area contributed by atoms with Gasteiger partial charge in [0.25, 0.3) is 0 Å². The summed E-state index contributed by atoms with van der Waals surface area (Å²) in [6, 6.07) is 43.8. The van der Waals surface area contributed by atoms with Gasteiger partial charge >= 0.3 is 0 Å². The van der Waals surface area contributed by atoms with Crippen LogP contribution < -0.4 is 26.4 Å². The molecule has 0 saturated heterocycles. The standard InChI is InChI=1S/C42H46N4O4/c1-50-37-26-22-35(23-27-37)42(33-15-7-3-8-16-33,34-17-9-4-10-18-34)44-28-12-11-19-39(41(49)45-36-24-20-32(30-47)21-25-36)46-40(48)38(43)29-31-13-5-2-6-14-31/h2-10,13-18,20-27,38-39,44,47H,11-12,19,28-30,43H2,1H3,(H,45,49)(H,46,48). The first-order chi connectivity index (χ1) is 24.4. The van der Waals surface area contributed by atoms with E-state index in [1.807, 2.05) is 78.9 Å². The molecule has 0 spiro atoms. The summed E-state index contributed by atoms with van der Waals surface area (Å²) < 4.78 is 5.47. The Morgan fingerprint density at radius 3 is 1.82 bits per heavy atom. The van der Waals surface area contributed by atoms with Crippen LogP contribution in [-0.2, 0) is 28.2 Å². The van der Waals surface area contributed by atoms with Crippen LogP contribution in [0.5, 0.6) is 5.75 Å². The Morgan fingerprint density at radius 2 is 1.26 bits per heavy atom. The van der Waals surface area contributed by atoms with E-state index in [0.717, 1.165) is 40.0 Å². The summed E-state index contributed by atoms with van der Waals surface area (Å²) >= 11 is 0. The fourth-order valence-electron chi connectivity index (χ4n) is 6.20. The molecule has 0 bridgehead atoms. The van der Waals surface area contributed by atoms with Crippen molar-refractivity contribution in [1.82, 2.24) is 10.6 Å². The first-order valence-electron chi connectivity index (χ1n) is 17.0. The van der Waals surface area contributed by atoms with Crippen LogP contribution in [-0.4, -0.2) is 42.7 Å². The molecule has 0 aliphatic heterocycles. The fraction of sp³-hybridized carbons (Fsp3) is 0.238. The molecular formula is C42H46N4O4. The van der Waals surface area contributed by atoms with E-state index in [4.69, 9.17) is 10.5 Å². The SMILES string of the molecule is COc1ccc(C(NCCCCC(NC(=O)C(N)Cc2ccccc2)C(=O)Nc2ccc(CO)cc2)(c2ccccc2)c2ccccc2)cc1. The summed E-state index contributed by atoms with van der Waals surface area (Å²) in [5.41, 5.74) is 11.2. The summed E-state index contributed by atoms with van der Waals surface area (Å²) in [5.74, 6) is 0.0773. The molecule has 2 atom stereocenters. The topological polar surface area (TPSA) is 126 Å². The van der Waals surface area contributed by atoms with Crippen LogP contribution in [0, 0.1) is 0 Å². The van der Waals surface area contributed by atoms with Gasteiger partial charge in [-0.2, -0.15) is 0 Å². The van der Waals surface area contributed by atoms with Crippen molar-refractivity contribution in [3.8, 4) is 5.75 Å². The zero-order chi connectivity index (χ0) is 35.2. The number of amides is 2. The number of ether oxygens (including phenoxy) is 1. The van der Waals surface area contributed by atoms with Crippen molar-refractivity contribution in [2.45, 2.75) is 49.9 Å². The van der Waals surface area contributed by atoms with Crippen LogP contribution in [0.2, 0.25) is 0 Å². The zero-order valence-corrected chi connectivity index (χ0v) is 28.4. The van der Waals surface area contributed by atoms with Gasteiger partial charge in [0.1, 0.15) is 11.8 Å². The minimum absolute atomic E-state index is 0.0887. The lowest BCUT2D eigenvalue weighted by atomic mass is 9.77. The highest BCUT2D eigenvalue weighted by molar-refractivity contribution is 5.97. The number of unbranched alkanes of at least 4 members (excludes halogenated alkanes) is 1. The minimum Gasteiger partial charge on any atom is -0.497 e. The molecule has 8 nitrogen and oxygen atoms in total. The summed E-state index contributed by atoms with van der Waals surface area (Å²) in [6.07, 6.45) is 2.17. The first kappa shape index (κ1) is 36.0. The van der Waals surface area contributed by atoms with E-state index >= 15 is 0 Å². The predicted molar refractivity (Wildman–Crippen MR) is 199 cm³/mol.